The van der Waals surface area contributed by atoms with E-state index < -0.39 is 11.6 Å². The number of ether oxygens (including phenoxy) is 1. The van der Waals surface area contributed by atoms with Crippen LogP contribution in [0.4, 0.5) is 0 Å². The summed E-state index contributed by atoms with van der Waals surface area (Å²) in [7, 11) is 1.57. The highest BCUT2D eigenvalue weighted by atomic mass is 16.5. The zero-order valence-electron chi connectivity index (χ0n) is 13.9. The van der Waals surface area contributed by atoms with Crippen LogP contribution in [-0.2, 0) is 14.3 Å². The number of carbonyl (C=O) groups is 2. The smallest absolute Gasteiger partial charge is 0.305 e. The van der Waals surface area contributed by atoms with Crippen molar-refractivity contribution in [2.45, 2.75) is 76.5 Å². The van der Waals surface area contributed by atoms with E-state index in [9.17, 15) is 14.7 Å². The Morgan fingerprint density at radius 2 is 1.86 bits per heavy atom. The van der Waals surface area contributed by atoms with Crippen LogP contribution < -0.4 is 0 Å². The highest BCUT2D eigenvalue weighted by Gasteiger charge is 2.39. The summed E-state index contributed by atoms with van der Waals surface area (Å²) in [6.45, 7) is 4.37. The average Bonchev–Trinajstić information content (AvgIpc) is 2.81. The van der Waals surface area contributed by atoms with Crippen molar-refractivity contribution in [3.8, 4) is 0 Å². The number of aliphatic hydroxyl groups is 1. The molecule has 2 unspecified atom stereocenters. The molecular weight excluding hydrogens is 286 g/mol. The molecule has 1 aliphatic rings. The first-order valence-electron chi connectivity index (χ1n) is 8.11. The molecule has 0 aromatic heterocycles. The van der Waals surface area contributed by atoms with Gasteiger partial charge in [-0.1, -0.05) is 26.7 Å². The highest BCUT2D eigenvalue weighted by molar-refractivity contribution is 5.79. The van der Waals surface area contributed by atoms with Gasteiger partial charge in [0.1, 0.15) is 0 Å². The molecule has 0 radical (unpaired) electrons. The number of rotatable bonds is 9. The number of carboxylic acid groups (broad SMARTS) is 1. The lowest BCUT2D eigenvalue weighted by atomic mass is 9.88. The SMILES string of the molecule is CCCC(O)(CCC)CC(=O)N1CC(OC)CC1CC(=O)O. The fourth-order valence-electron chi connectivity index (χ4n) is 3.36. The summed E-state index contributed by atoms with van der Waals surface area (Å²) in [5, 5.41) is 19.6. The summed E-state index contributed by atoms with van der Waals surface area (Å²) in [4.78, 5) is 25.1. The number of methoxy groups -OCH3 is 1. The molecule has 6 nitrogen and oxygen atoms in total. The second kappa shape index (κ2) is 8.48. The van der Waals surface area contributed by atoms with Crippen molar-refractivity contribution >= 4 is 11.9 Å². The molecule has 1 rings (SSSR count). The van der Waals surface area contributed by atoms with Gasteiger partial charge in [0.25, 0.3) is 0 Å². The minimum atomic E-state index is -0.987. The zero-order valence-corrected chi connectivity index (χ0v) is 13.9. The van der Waals surface area contributed by atoms with E-state index in [1.54, 1.807) is 12.0 Å². The zero-order chi connectivity index (χ0) is 16.8. The molecule has 2 atom stereocenters. The number of nitrogens with zero attached hydrogens (tertiary/aromatic N) is 1. The third-order valence-corrected chi connectivity index (χ3v) is 4.35. The minimum absolute atomic E-state index is 0.0568. The fourth-order valence-corrected chi connectivity index (χ4v) is 3.36. The topological polar surface area (TPSA) is 87.1 Å². The summed E-state index contributed by atoms with van der Waals surface area (Å²) in [5.74, 6) is -1.09. The standard InChI is InChI=1S/C16H29NO5/c1-4-6-16(21,7-5-2)10-14(18)17-11-13(22-3)8-12(17)9-15(19)20/h12-13,21H,4-11H2,1-3H3,(H,19,20). The predicted molar refractivity (Wildman–Crippen MR) is 82.6 cm³/mol. The number of carbonyl (C=O) groups excluding carboxylic acids is 1. The molecule has 0 aromatic rings. The Morgan fingerprint density at radius 1 is 1.27 bits per heavy atom. The predicted octanol–water partition coefficient (Wildman–Crippen LogP) is 1.80. The molecule has 6 heteroatoms. The molecule has 0 aliphatic carbocycles. The Balaban J connectivity index is 2.77. The second-order valence-electron chi connectivity index (χ2n) is 6.29. The second-order valence-corrected chi connectivity index (χ2v) is 6.29. The first-order chi connectivity index (χ1) is 10.3. The van der Waals surface area contributed by atoms with Crippen molar-refractivity contribution in [3.05, 3.63) is 0 Å². The Morgan fingerprint density at radius 3 is 2.32 bits per heavy atom. The van der Waals surface area contributed by atoms with Crippen molar-refractivity contribution in [2.24, 2.45) is 0 Å². The van der Waals surface area contributed by atoms with Crippen molar-refractivity contribution in [2.75, 3.05) is 13.7 Å². The van der Waals surface area contributed by atoms with E-state index >= 15 is 0 Å². The van der Waals surface area contributed by atoms with E-state index in [-0.39, 0.29) is 30.9 Å². The number of hydrogen-bond donors (Lipinski definition) is 2. The molecule has 0 bridgehead atoms. The van der Waals surface area contributed by atoms with Gasteiger partial charge >= 0.3 is 5.97 Å². The molecule has 1 heterocycles. The quantitative estimate of drug-likeness (QED) is 0.677. The van der Waals surface area contributed by atoms with Gasteiger partial charge in [0.2, 0.25) is 5.91 Å². The van der Waals surface area contributed by atoms with Crippen LogP contribution in [-0.4, -0.2) is 58.4 Å². The van der Waals surface area contributed by atoms with Gasteiger partial charge < -0.3 is 19.8 Å². The van der Waals surface area contributed by atoms with Gasteiger partial charge in [-0.2, -0.15) is 0 Å². The molecule has 128 valence electrons. The minimum Gasteiger partial charge on any atom is -0.481 e. The number of aliphatic carboxylic acids is 1. The monoisotopic (exact) mass is 315 g/mol. The number of carboxylic acids is 1. The maximum atomic E-state index is 12.6. The van der Waals surface area contributed by atoms with Crippen LogP contribution in [0.25, 0.3) is 0 Å². The van der Waals surface area contributed by atoms with E-state index in [1.165, 1.54) is 0 Å². The average molecular weight is 315 g/mol. The van der Waals surface area contributed by atoms with Crippen LogP contribution in [0.2, 0.25) is 0 Å². The Labute approximate surface area is 132 Å². The first-order valence-corrected chi connectivity index (χ1v) is 8.11. The van der Waals surface area contributed by atoms with E-state index in [4.69, 9.17) is 9.84 Å². The van der Waals surface area contributed by atoms with Crippen molar-refractivity contribution in [3.63, 3.8) is 0 Å². The van der Waals surface area contributed by atoms with Crippen LogP contribution in [0, 0.1) is 0 Å². The number of hydrogen-bond acceptors (Lipinski definition) is 4. The lowest BCUT2D eigenvalue weighted by Gasteiger charge is -2.31. The summed E-state index contributed by atoms with van der Waals surface area (Å²) >= 11 is 0. The molecule has 0 aromatic carbocycles. The molecule has 1 saturated heterocycles. The summed E-state index contributed by atoms with van der Waals surface area (Å²) in [5.41, 5.74) is -0.987. The van der Waals surface area contributed by atoms with Crippen LogP contribution >= 0.6 is 0 Å². The van der Waals surface area contributed by atoms with Crippen LogP contribution in [0.1, 0.15) is 58.8 Å². The number of likely N-dealkylation sites (tertiary alicyclic amines) is 1. The van der Waals surface area contributed by atoms with Crippen LogP contribution in [0.15, 0.2) is 0 Å². The largest absolute Gasteiger partial charge is 0.481 e. The van der Waals surface area contributed by atoms with Gasteiger partial charge in [-0.25, -0.2) is 0 Å². The molecule has 1 aliphatic heterocycles. The maximum absolute atomic E-state index is 12.6. The summed E-state index contributed by atoms with van der Waals surface area (Å²) in [6.07, 6.45) is 3.17. The van der Waals surface area contributed by atoms with Gasteiger partial charge in [0.15, 0.2) is 0 Å². The number of amides is 1. The van der Waals surface area contributed by atoms with E-state index in [2.05, 4.69) is 0 Å². The molecule has 0 spiro atoms. The molecule has 1 amide bonds. The van der Waals surface area contributed by atoms with Gasteiger partial charge in [-0.05, 0) is 19.3 Å². The first kappa shape index (κ1) is 18.9. The maximum Gasteiger partial charge on any atom is 0.305 e. The normalized spacial score (nSPS) is 22.1. The fraction of sp³-hybridized carbons (Fsp3) is 0.875. The summed E-state index contributed by atoms with van der Waals surface area (Å²) in [6, 6.07) is -0.345. The van der Waals surface area contributed by atoms with Crippen molar-refractivity contribution in [1.29, 1.82) is 0 Å². The highest BCUT2D eigenvalue weighted by Crippen LogP contribution is 2.29. The lowest BCUT2D eigenvalue weighted by molar-refractivity contribution is -0.142. The van der Waals surface area contributed by atoms with Crippen LogP contribution in [0.3, 0.4) is 0 Å². The molecule has 22 heavy (non-hydrogen) atoms. The van der Waals surface area contributed by atoms with Crippen molar-refractivity contribution in [1.82, 2.24) is 4.90 Å². The Bertz CT molecular complexity index is 379. The molecule has 2 N–H and O–H groups in total. The third-order valence-electron chi connectivity index (χ3n) is 4.35. The van der Waals surface area contributed by atoms with Gasteiger partial charge in [0, 0.05) is 19.7 Å². The van der Waals surface area contributed by atoms with Crippen molar-refractivity contribution < 1.29 is 24.5 Å². The van der Waals surface area contributed by atoms with Gasteiger partial charge in [-0.15, -0.1) is 0 Å². The van der Waals surface area contributed by atoms with Gasteiger partial charge in [-0.3, -0.25) is 9.59 Å². The van der Waals surface area contributed by atoms with E-state index in [1.807, 2.05) is 13.8 Å². The van der Waals surface area contributed by atoms with Crippen LogP contribution in [0.5, 0.6) is 0 Å². The molecule has 0 saturated carbocycles. The third kappa shape index (κ3) is 5.25. The Hall–Kier alpha value is -1.14. The lowest BCUT2D eigenvalue weighted by Crippen LogP contribution is -2.42. The van der Waals surface area contributed by atoms with Gasteiger partial charge in [0.05, 0.1) is 24.5 Å². The molecule has 1 fully saturated rings. The van der Waals surface area contributed by atoms with E-state index in [0.29, 0.717) is 25.8 Å². The Kier molecular flexibility index (Phi) is 7.29. The summed E-state index contributed by atoms with van der Waals surface area (Å²) < 4.78 is 5.28. The molecular formula is C16H29NO5. The van der Waals surface area contributed by atoms with E-state index in [0.717, 1.165) is 12.8 Å².